The third-order valence-corrected chi connectivity index (χ3v) is 4.61. The average Bonchev–Trinajstić information content (AvgIpc) is 2.54. The van der Waals surface area contributed by atoms with Crippen LogP contribution in [0.1, 0.15) is 37.8 Å². The molecule has 0 spiro atoms. The van der Waals surface area contributed by atoms with E-state index in [1.165, 1.54) is 15.2 Å². The molecule has 0 saturated heterocycles. The van der Waals surface area contributed by atoms with Gasteiger partial charge in [-0.1, -0.05) is 0 Å². The molecular weight excluding hydrogens is 298 g/mol. The molecule has 0 aromatic heterocycles. The summed E-state index contributed by atoms with van der Waals surface area (Å²) in [5.74, 6) is 0.500. The Kier molecular flexibility index (Phi) is 3.08. The van der Waals surface area contributed by atoms with Gasteiger partial charge in [0.1, 0.15) is 0 Å². The molecule has 1 aromatic rings. The zero-order chi connectivity index (χ0) is 11.1. The average molecular weight is 313 g/mol. The van der Waals surface area contributed by atoms with E-state index >= 15 is 0 Å². The number of hydrogen-bond donors (Lipinski definition) is 0. The Labute approximate surface area is 104 Å². The Morgan fingerprint density at radius 3 is 2.47 bits per heavy atom. The van der Waals surface area contributed by atoms with Crippen LogP contribution >= 0.6 is 9.53 Å². The summed E-state index contributed by atoms with van der Waals surface area (Å²) in [7, 11) is 6.08. The first-order valence-electron chi connectivity index (χ1n) is 5.05. The molecule has 84 valence electrons. The number of rotatable bonds is 1. The first kappa shape index (κ1) is 11.4. The van der Waals surface area contributed by atoms with Gasteiger partial charge in [-0.15, -0.1) is 0 Å². The molecule has 1 aliphatic carbocycles. The summed E-state index contributed by atoms with van der Waals surface area (Å²) in [6.45, 7) is 6.86. The third kappa shape index (κ3) is 2.07. The fourth-order valence-electron chi connectivity index (χ4n) is 2.17. The second kappa shape index (κ2) is 4.06. The van der Waals surface area contributed by atoms with Crippen LogP contribution in [0.2, 0.25) is 0 Å². The van der Waals surface area contributed by atoms with E-state index in [1.54, 1.807) is 0 Å². The molecule has 2 rings (SSSR count). The van der Waals surface area contributed by atoms with Crippen molar-refractivity contribution in [3.8, 4) is 0 Å². The maximum absolute atomic E-state index is 6.08. The summed E-state index contributed by atoms with van der Waals surface area (Å²) >= 11 is 0.202. The van der Waals surface area contributed by atoms with Gasteiger partial charge in [-0.2, -0.15) is 0 Å². The van der Waals surface area contributed by atoms with E-state index in [0.29, 0.717) is 5.92 Å². The number of fused-ring (bicyclic) bond motifs is 1. The predicted molar refractivity (Wildman–Crippen MR) is 62.5 cm³/mol. The molecule has 0 fully saturated rings. The minimum absolute atomic E-state index is 0.202. The van der Waals surface area contributed by atoms with Gasteiger partial charge in [0.2, 0.25) is 0 Å². The van der Waals surface area contributed by atoms with Crippen LogP contribution < -0.4 is 0 Å². The molecule has 0 heterocycles. The molecule has 1 unspecified atom stereocenters. The van der Waals surface area contributed by atoms with Gasteiger partial charge in [0.05, 0.1) is 0 Å². The van der Waals surface area contributed by atoms with Crippen LogP contribution in [0, 0.1) is 5.41 Å². The fraction of sp³-hybridized carbons (Fsp3) is 0.385. The number of benzene rings is 1. The van der Waals surface area contributed by atoms with E-state index in [0.717, 1.165) is 0 Å². The van der Waals surface area contributed by atoms with Crippen LogP contribution in [-0.4, -0.2) is 0 Å². The summed E-state index contributed by atoms with van der Waals surface area (Å²) < 4.78 is 1.40. The van der Waals surface area contributed by atoms with E-state index < -0.39 is 0 Å². The summed E-state index contributed by atoms with van der Waals surface area (Å²) in [6, 6.07) is 8.63. The van der Waals surface area contributed by atoms with Gasteiger partial charge < -0.3 is 0 Å². The van der Waals surface area contributed by atoms with Crippen molar-refractivity contribution in [3.63, 3.8) is 0 Å². The van der Waals surface area contributed by atoms with Crippen molar-refractivity contribution in [3.05, 3.63) is 39.4 Å². The van der Waals surface area contributed by atoms with Crippen molar-refractivity contribution < 1.29 is 17.0 Å². The summed E-state index contributed by atoms with van der Waals surface area (Å²) in [4.78, 5) is 0. The quantitative estimate of drug-likeness (QED) is 0.674. The predicted octanol–water partition coefficient (Wildman–Crippen LogP) is 4.41. The molecule has 0 radical (unpaired) electrons. The molecule has 1 atom stereocenters. The van der Waals surface area contributed by atoms with Crippen LogP contribution in [0.3, 0.4) is 0 Å². The first-order valence-corrected chi connectivity index (χ1v) is 7.83. The van der Waals surface area contributed by atoms with Crippen LogP contribution in [0.25, 0.3) is 6.08 Å². The topological polar surface area (TPSA) is 0 Å². The number of halogens is 1. The Hall–Kier alpha value is -0.0877. The van der Waals surface area contributed by atoms with Crippen LogP contribution in [0.4, 0.5) is 0 Å². The zero-order valence-corrected chi connectivity index (χ0v) is 11.5. The molecule has 0 bridgehead atoms. The molecule has 2 heteroatoms. The molecule has 0 saturated carbocycles. The standard InChI is InChI=1S/C13H15.ClH.Pd/c1-13(2,3)12-9-8-10-6-4-5-7-11(10)12;;/h4-8,12H,1-3H3;1H;/q;;+1/p-1. The summed E-state index contributed by atoms with van der Waals surface area (Å²) in [6.07, 6.45) is 2.27. The molecule has 0 nitrogen and oxygen atoms in total. The van der Waals surface area contributed by atoms with E-state index in [-0.39, 0.29) is 22.4 Å². The van der Waals surface area contributed by atoms with Gasteiger partial charge in [-0.3, -0.25) is 0 Å². The van der Waals surface area contributed by atoms with Crippen LogP contribution in [0.15, 0.2) is 28.3 Å². The molecule has 15 heavy (non-hydrogen) atoms. The molecular formula is C13H15ClPd. The summed E-state index contributed by atoms with van der Waals surface area (Å²) in [5, 5.41) is 0. The van der Waals surface area contributed by atoms with E-state index in [2.05, 4.69) is 51.1 Å². The van der Waals surface area contributed by atoms with Gasteiger partial charge >= 0.3 is 104 Å². The van der Waals surface area contributed by atoms with Crippen molar-refractivity contribution >= 4 is 15.6 Å². The van der Waals surface area contributed by atoms with E-state index in [4.69, 9.17) is 9.53 Å². The third-order valence-electron chi connectivity index (χ3n) is 2.78. The monoisotopic (exact) mass is 312 g/mol. The van der Waals surface area contributed by atoms with Gasteiger partial charge in [-0.25, -0.2) is 0 Å². The second-order valence-corrected chi connectivity index (χ2v) is 6.88. The van der Waals surface area contributed by atoms with Gasteiger partial charge in [0.15, 0.2) is 0 Å². The molecule has 0 aliphatic heterocycles. The molecule has 1 aromatic carbocycles. The van der Waals surface area contributed by atoms with Gasteiger partial charge in [0.25, 0.3) is 0 Å². The van der Waals surface area contributed by atoms with Crippen molar-refractivity contribution in [2.75, 3.05) is 0 Å². The molecule has 0 amide bonds. The Morgan fingerprint density at radius 1 is 1.20 bits per heavy atom. The Morgan fingerprint density at radius 2 is 1.87 bits per heavy atom. The fourth-order valence-corrected chi connectivity index (χ4v) is 4.20. The molecule has 1 aliphatic rings. The van der Waals surface area contributed by atoms with Crippen molar-refractivity contribution in [2.24, 2.45) is 5.41 Å². The normalized spacial score (nSPS) is 20.3. The second-order valence-electron chi connectivity index (χ2n) is 4.98. The van der Waals surface area contributed by atoms with Crippen molar-refractivity contribution in [2.45, 2.75) is 26.7 Å². The first-order chi connectivity index (χ1) is 7.04. The van der Waals surface area contributed by atoms with Crippen LogP contribution in [0.5, 0.6) is 0 Å². The number of allylic oxidation sites excluding steroid dienone is 1. The van der Waals surface area contributed by atoms with E-state index in [1.807, 2.05) is 0 Å². The van der Waals surface area contributed by atoms with Gasteiger partial charge in [0, 0.05) is 0 Å². The van der Waals surface area contributed by atoms with Crippen molar-refractivity contribution in [1.82, 2.24) is 0 Å². The van der Waals surface area contributed by atoms with Gasteiger partial charge in [-0.05, 0) is 0 Å². The Balaban J connectivity index is 2.51. The summed E-state index contributed by atoms with van der Waals surface area (Å²) in [5.41, 5.74) is 3.05. The SMILES string of the molecule is CC(C)(C)C1[C]([Pd][Cl])=Cc2ccccc21. The van der Waals surface area contributed by atoms with E-state index in [9.17, 15) is 0 Å². The molecule has 0 N–H and O–H groups in total. The minimum atomic E-state index is 0.202. The number of hydrogen-bond acceptors (Lipinski definition) is 0. The van der Waals surface area contributed by atoms with Crippen molar-refractivity contribution in [1.29, 1.82) is 0 Å². The van der Waals surface area contributed by atoms with Crippen LogP contribution in [-0.2, 0) is 17.0 Å². The maximum atomic E-state index is 6.08. The Bertz CT molecular complexity index is 401. The zero-order valence-electron chi connectivity index (χ0n) is 9.16.